The smallest absolute Gasteiger partial charge is 0.228 e. The van der Waals surface area contributed by atoms with Crippen molar-refractivity contribution in [3.05, 3.63) is 29.8 Å². The Morgan fingerprint density at radius 3 is 2.25 bits per heavy atom. The molecule has 1 aromatic rings. The molecule has 110 valence electrons. The van der Waals surface area contributed by atoms with Crippen LogP contribution in [0.3, 0.4) is 0 Å². The van der Waals surface area contributed by atoms with Crippen LogP contribution in [0.5, 0.6) is 0 Å². The Bertz CT molecular complexity index is 468. The first-order valence-corrected chi connectivity index (χ1v) is 7.55. The maximum Gasteiger partial charge on any atom is 0.228 e. The Kier molecular flexibility index (Phi) is 4.36. The molecule has 3 heteroatoms. The molecule has 0 atom stereocenters. The van der Waals surface area contributed by atoms with Gasteiger partial charge in [-0.25, -0.2) is 0 Å². The Morgan fingerprint density at radius 1 is 1.10 bits per heavy atom. The van der Waals surface area contributed by atoms with Crippen LogP contribution in [0.25, 0.3) is 0 Å². The number of carbonyl (C=O) groups is 1. The molecule has 0 saturated carbocycles. The topological polar surface area (TPSA) is 23.6 Å². The minimum atomic E-state index is -0.274. The van der Waals surface area contributed by atoms with Gasteiger partial charge in [0.25, 0.3) is 0 Å². The number of carbonyl (C=O) groups excluding carboxylic acids is 1. The zero-order valence-corrected chi connectivity index (χ0v) is 13.1. The third-order valence-corrected chi connectivity index (χ3v) is 3.92. The third kappa shape index (κ3) is 3.14. The highest BCUT2D eigenvalue weighted by Gasteiger charge is 2.29. The van der Waals surface area contributed by atoms with Crippen molar-refractivity contribution in [1.29, 1.82) is 0 Å². The van der Waals surface area contributed by atoms with Gasteiger partial charge in [0.1, 0.15) is 0 Å². The molecule has 1 amide bonds. The van der Waals surface area contributed by atoms with Crippen LogP contribution in [0.2, 0.25) is 0 Å². The van der Waals surface area contributed by atoms with Crippen molar-refractivity contribution in [2.24, 2.45) is 5.41 Å². The van der Waals surface area contributed by atoms with Crippen molar-refractivity contribution in [1.82, 2.24) is 4.90 Å². The summed E-state index contributed by atoms with van der Waals surface area (Å²) in [5, 5.41) is 0. The predicted molar refractivity (Wildman–Crippen MR) is 84.1 cm³/mol. The van der Waals surface area contributed by atoms with E-state index in [0.717, 1.165) is 32.6 Å². The molecule has 0 spiro atoms. The average Bonchev–Trinajstić information content (AvgIpc) is 2.45. The van der Waals surface area contributed by atoms with Crippen molar-refractivity contribution in [2.75, 3.05) is 31.1 Å². The third-order valence-electron chi connectivity index (χ3n) is 3.92. The minimum Gasteiger partial charge on any atom is -0.368 e. The second kappa shape index (κ2) is 5.86. The molecule has 1 saturated heterocycles. The van der Waals surface area contributed by atoms with Gasteiger partial charge in [0.05, 0.1) is 0 Å². The van der Waals surface area contributed by atoms with Gasteiger partial charge >= 0.3 is 0 Å². The molecule has 1 aromatic carbocycles. The standard InChI is InChI=1S/C17H26N2O/c1-5-14-8-6-7-9-15(14)18-10-12-19(13-11-18)16(20)17(2,3)4/h6-9H,5,10-13H2,1-4H3. The van der Waals surface area contributed by atoms with Gasteiger partial charge in [-0.1, -0.05) is 45.9 Å². The van der Waals surface area contributed by atoms with Crippen LogP contribution in [0.15, 0.2) is 24.3 Å². The van der Waals surface area contributed by atoms with E-state index in [1.165, 1.54) is 11.3 Å². The van der Waals surface area contributed by atoms with Gasteiger partial charge in [-0.2, -0.15) is 0 Å². The van der Waals surface area contributed by atoms with E-state index >= 15 is 0 Å². The Balaban J connectivity index is 2.03. The fraction of sp³-hybridized carbons (Fsp3) is 0.588. The number of anilines is 1. The summed E-state index contributed by atoms with van der Waals surface area (Å²) in [6.45, 7) is 11.7. The maximum absolute atomic E-state index is 12.3. The SMILES string of the molecule is CCc1ccccc1N1CCN(C(=O)C(C)(C)C)CC1. The lowest BCUT2D eigenvalue weighted by Gasteiger charge is -2.39. The molecule has 3 nitrogen and oxygen atoms in total. The summed E-state index contributed by atoms with van der Waals surface area (Å²) in [5.41, 5.74) is 2.45. The molecular weight excluding hydrogens is 248 g/mol. The minimum absolute atomic E-state index is 0.265. The van der Waals surface area contributed by atoms with Crippen LogP contribution in [0.1, 0.15) is 33.3 Å². The fourth-order valence-corrected chi connectivity index (χ4v) is 2.74. The van der Waals surface area contributed by atoms with Gasteiger partial charge in [-0.3, -0.25) is 4.79 Å². The summed E-state index contributed by atoms with van der Waals surface area (Å²) in [7, 11) is 0. The van der Waals surface area contributed by atoms with Crippen molar-refractivity contribution >= 4 is 11.6 Å². The summed E-state index contributed by atoms with van der Waals surface area (Å²) < 4.78 is 0. The molecule has 0 radical (unpaired) electrons. The lowest BCUT2D eigenvalue weighted by molar-refractivity contribution is -0.139. The number of rotatable bonds is 2. The highest BCUT2D eigenvalue weighted by molar-refractivity contribution is 5.81. The monoisotopic (exact) mass is 274 g/mol. The predicted octanol–water partition coefficient (Wildman–Crippen LogP) is 2.94. The van der Waals surface area contributed by atoms with Crippen molar-refractivity contribution < 1.29 is 4.79 Å². The number of hydrogen-bond acceptors (Lipinski definition) is 2. The summed E-state index contributed by atoms with van der Waals surface area (Å²) in [5.74, 6) is 0.265. The largest absolute Gasteiger partial charge is 0.368 e. The second-order valence-electron chi connectivity index (χ2n) is 6.51. The molecule has 0 N–H and O–H groups in total. The van der Waals surface area contributed by atoms with E-state index in [-0.39, 0.29) is 11.3 Å². The first kappa shape index (κ1) is 14.9. The first-order chi connectivity index (χ1) is 9.43. The van der Waals surface area contributed by atoms with Crippen LogP contribution in [0, 0.1) is 5.41 Å². The zero-order valence-electron chi connectivity index (χ0n) is 13.1. The molecule has 1 heterocycles. The Morgan fingerprint density at radius 2 is 1.70 bits per heavy atom. The highest BCUT2D eigenvalue weighted by atomic mass is 16.2. The molecule has 1 aliphatic rings. The van der Waals surface area contributed by atoms with E-state index in [1.54, 1.807) is 0 Å². The molecule has 0 bridgehead atoms. The van der Waals surface area contributed by atoms with E-state index in [4.69, 9.17) is 0 Å². The van der Waals surface area contributed by atoms with Gasteiger partial charge in [0, 0.05) is 37.3 Å². The summed E-state index contributed by atoms with van der Waals surface area (Å²) in [6.07, 6.45) is 1.05. The van der Waals surface area contributed by atoms with Gasteiger partial charge in [-0.15, -0.1) is 0 Å². The molecule has 20 heavy (non-hydrogen) atoms. The Labute approximate surface area is 122 Å². The highest BCUT2D eigenvalue weighted by Crippen LogP contribution is 2.24. The van der Waals surface area contributed by atoms with Crippen LogP contribution in [-0.4, -0.2) is 37.0 Å². The van der Waals surface area contributed by atoms with E-state index in [2.05, 4.69) is 36.1 Å². The number of amides is 1. The molecule has 1 aliphatic heterocycles. The van der Waals surface area contributed by atoms with E-state index in [9.17, 15) is 4.79 Å². The number of piperazine rings is 1. The van der Waals surface area contributed by atoms with Crippen LogP contribution >= 0.6 is 0 Å². The van der Waals surface area contributed by atoms with Gasteiger partial charge in [-0.05, 0) is 18.1 Å². The van der Waals surface area contributed by atoms with Gasteiger partial charge in [0.2, 0.25) is 5.91 Å². The van der Waals surface area contributed by atoms with E-state index < -0.39 is 0 Å². The van der Waals surface area contributed by atoms with E-state index in [1.807, 2.05) is 25.7 Å². The molecule has 0 aromatic heterocycles. The lowest BCUT2D eigenvalue weighted by Crippen LogP contribution is -2.51. The van der Waals surface area contributed by atoms with Gasteiger partial charge in [0.15, 0.2) is 0 Å². The van der Waals surface area contributed by atoms with E-state index in [0.29, 0.717) is 0 Å². The maximum atomic E-state index is 12.3. The number of nitrogens with zero attached hydrogens (tertiary/aromatic N) is 2. The van der Waals surface area contributed by atoms with Crippen LogP contribution < -0.4 is 4.90 Å². The quantitative estimate of drug-likeness (QED) is 0.828. The zero-order chi connectivity index (χ0) is 14.8. The van der Waals surface area contributed by atoms with Crippen LogP contribution in [0.4, 0.5) is 5.69 Å². The summed E-state index contributed by atoms with van der Waals surface area (Å²) >= 11 is 0. The molecular formula is C17H26N2O. The average molecular weight is 274 g/mol. The molecule has 2 rings (SSSR count). The first-order valence-electron chi connectivity index (χ1n) is 7.55. The summed E-state index contributed by atoms with van der Waals surface area (Å²) in [4.78, 5) is 16.7. The van der Waals surface area contributed by atoms with Crippen molar-refractivity contribution in [3.63, 3.8) is 0 Å². The van der Waals surface area contributed by atoms with Gasteiger partial charge < -0.3 is 9.80 Å². The Hall–Kier alpha value is -1.51. The number of aryl methyl sites for hydroxylation is 1. The number of benzene rings is 1. The second-order valence-corrected chi connectivity index (χ2v) is 6.51. The fourth-order valence-electron chi connectivity index (χ4n) is 2.74. The van der Waals surface area contributed by atoms with Crippen LogP contribution in [-0.2, 0) is 11.2 Å². The number of hydrogen-bond donors (Lipinski definition) is 0. The van der Waals surface area contributed by atoms with Crippen molar-refractivity contribution in [2.45, 2.75) is 34.1 Å². The molecule has 1 fully saturated rings. The normalized spacial score (nSPS) is 16.4. The molecule has 0 unspecified atom stereocenters. The number of para-hydroxylation sites is 1. The summed E-state index contributed by atoms with van der Waals surface area (Å²) in [6, 6.07) is 8.59. The van der Waals surface area contributed by atoms with Crippen molar-refractivity contribution in [3.8, 4) is 0 Å². The molecule has 0 aliphatic carbocycles. The lowest BCUT2D eigenvalue weighted by atomic mass is 9.94.